The van der Waals surface area contributed by atoms with Crippen LogP contribution in [0.3, 0.4) is 0 Å². The van der Waals surface area contributed by atoms with Gasteiger partial charge in [-0.3, -0.25) is 0 Å². The smallest absolute Gasteiger partial charge is 0.0547 e. The number of fused-ring (bicyclic) bond motifs is 15. The highest BCUT2D eigenvalue weighted by Gasteiger charge is 2.25. The standard InChI is InChI=1S/C34H21N/c1-5-11-25-20(7-1)15-23-18-33-30(19-28(23)25)34-27(32-17-22-9-3-6-12-31(22)35(32)33)14-13-26-24-10-4-2-8-21(24)16-29(26)34/h1-14,17-19H,15-16H2. The Morgan fingerprint density at radius 2 is 1.17 bits per heavy atom. The first-order valence-corrected chi connectivity index (χ1v) is 12.5. The first-order valence-electron chi connectivity index (χ1n) is 12.5. The molecule has 1 nitrogen and oxygen atoms in total. The van der Waals surface area contributed by atoms with Crippen molar-refractivity contribution >= 4 is 38.1 Å². The fourth-order valence-electron chi connectivity index (χ4n) is 6.90. The summed E-state index contributed by atoms with van der Waals surface area (Å²) in [4.78, 5) is 0. The van der Waals surface area contributed by atoms with Gasteiger partial charge in [-0.05, 0) is 87.0 Å². The van der Waals surface area contributed by atoms with Crippen LogP contribution in [0.4, 0.5) is 0 Å². The third-order valence-electron chi connectivity index (χ3n) is 8.39. The van der Waals surface area contributed by atoms with Crippen molar-refractivity contribution in [2.24, 2.45) is 0 Å². The van der Waals surface area contributed by atoms with Crippen molar-refractivity contribution in [2.75, 3.05) is 0 Å². The van der Waals surface area contributed by atoms with Crippen LogP contribution in [0.5, 0.6) is 0 Å². The molecule has 7 aromatic rings. The zero-order chi connectivity index (χ0) is 22.7. The lowest BCUT2D eigenvalue weighted by Gasteiger charge is -2.15. The Morgan fingerprint density at radius 1 is 0.457 bits per heavy atom. The van der Waals surface area contributed by atoms with Crippen LogP contribution in [-0.2, 0) is 12.8 Å². The SMILES string of the molecule is c1ccc2c(c1)Cc1cc3c(cc1-2)c1c2c(ccc1c1cc4ccccc4n31)-c1ccccc1C2. The minimum Gasteiger partial charge on any atom is -0.309 e. The van der Waals surface area contributed by atoms with Gasteiger partial charge in [0.1, 0.15) is 0 Å². The maximum atomic E-state index is 2.50. The maximum absolute atomic E-state index is 2.50. The molecule has 0 saturated heterocycles. The number of benzene rings is 5. The first kappa shape index (κ1) is 18.0. The van der Waals surface area contributed by atoms with Crippen molar-refractivity contribution in [3.8, 4) is 22.3 Å². The van der Waals surface area contributed by atoms with E-state index >= 15 is 0 Å². The second-order valence-electron chi connectivity index (χ2n) is 10.1. The Morgan fingerprint density at radius 3 is 2.06 bits per heavy atom. The average molecular weight is 444 g/mol. The summed E-state index contributed by atoms with van der Waals surface area (Å²) in [6, 6.07) is 38.7. The van der Waals surface area contributed by atoms with Gasteiger partial charge in [-0.25, -0.2) is 0 Å². The van der Waals surface area contributed by atoms with E-state index in [4.69, 9.17) is 0 Å². The molecule has 0 saturated carbocycles. The topological polar surface area (TPSA) is 4.41 Å². The molecule has 0 bridgehead atoms. The van der Waals surface area contributed by atoms with Crippen LogP contribution in [-0.4, -0.2) is 4.40 Å². The minimum atomic E-state index is 1.00. The van der Waals surface area contributed by atoms with Gasteiger partial charge in [0, 0.05) is 16.2 Å². The molecule has 162 valence electrons. The van der Waals surface area contributed by atoms with Crippen LogP contribution in [0, 0.1) is 0 Å². The minimum absolute atomic E-state index is 1.00. The summed E-state index contributed by atoms with van der Waals surface area (Å²) in [5.41, 5.74) is 15.3. The van der Waals surface area contributed by atoms with Gasteiger partial charge in [-0.2, -0.15) is 0 Å². The summed E-state index contributed by atoms with van der Waals surface area (Å²) in [5, 5.41) is 5.45. The number of pyridine rings is 1. The molecule has 1 heteroatoms. The molecule has 0 spiro atoms. The van der Waals surface area contributed by atoms with E-state index in [1.54, 1.807) is 0 Å². The summed E-state index contributed by atoms with van der Waals surface area (Å²) in [6.45, 7) is 0. The molecule has 0 N–H and O–H groups in total. The Kier molecular flexibility index (Phi) is 3.19. The Balaban J connectivity index is 1.53. The van der Waals surface area contributed by atoms with Gasteiger partial charge < -0.3 is 4.40 Å². The number of rotatable bonds is 0. The molecule has 2 aliphatic rings. The normalized spacial score (nSPS) is 13.5. The number of nitrogens with zero attached hydrogens (tertiary/aromatic N) is 1. The molecule has 0 unspecified atom stereocenters. The number of hydrogen-bond donors (Lipinski definition) is 0. The summed E-state index contributed by atoms with van der Waals surface area (Å²) in [6.07, 6.45) is 2.01. The van der Waals surface area contributed by atoms with E-state index in [1.165, 1.54) is 82.6 Å². The molecule has 2 aliphatic carbocycles. The van der Waals surface area contributed by atoms with Crippen LogP contribution in [0.15, 0.2) is 103 Å². The lowest BCUT2D eigenvalue weighted by atomic mass is 9.93. The van der Waals surface area contributed by atoms with Gasteiger partial charge in [0.05, 0.1) is 16.6 Å². The zero-order valence-electron chi connectivity index (χ0n) is 19.2. The highest BCUT2D eigenvalue weighted by atomic mass is 14.9. The van der Waals surface area contributed by atoms with Crippen molar-refractivity contribution in [2.45, 2.75) is 12.8 Å². The molecule has 2 aromatic heterocycles. The molecule has 0 amide bonds. The van der Waals surface area contributed by atoms with Crippen molar-refractivity contribution in [1.82, 2.24) is 4.40 Å². The van der Waals surface area contributed by atoms with Crippen LogP contribution in [0.2, 0.25) is 0 Å². The van der Waals surface area contributed by atoms with Gasteiger partial charge in [0.25, 0.3) is 0 Å². The number of hydrogen-bond acceptors (Lipinski definition) is 0. The summed E-state index contributed by atoms with van der Waals surface area (Å²) < 4.78 is 2.50. The van der Waals surface area contributed by atoms with E-state index in [1.807, 2.05) is 0 Å². The first-order chi connectivity index (χ1) is 17.3. The number of para-hydroxylation sites is 1. The lowest BCUT2D eigenvalue weighted by Crippen LogP contribution is -1.95. The van der Waals surface area contributed by atoms with Crippen LogP contribution < -0.4 is 0 Å². The summed E-state index contributed by atoms with van der Waals surface area (Å²) >= 11 is 0. The molecule has 0 atom stereocenters. The Labute approximate surface area is 202 Å². The Hall–Kier alpha value is -4.36. The van der Waals surface area contributed by atoms with Gasteiger partial charge in [0.2, 0.25) is 0 Å². The van der Waals surface area contributed by atoms with Crippen molar-refractivity contribution < 1.29 is 0 Å². The fraction of sp³-hybridized carbons (Fsp3) is 0.0588. The van der Waals surface area contributed by atoms with Crippen molar-refractivity contribution in [1.29, 1.82) is 0 Å². The van der Waals surface area contributed by atoms with Gasteiger partial charge in [-0.15, -0.1) is 0 Å². The predicted molar refractivity (Wildman–Crippen MR) is 146 cm³/mol. The zero-order valence-corrected chi connectivity index (χ0v) is 19.2. The van der Waals surface area contributed by atoms with Crippen LogP contribution >= 0.6 is 0 Å². The lowest BCUT2D eigenvalue weighted by molar-refractivity contribution is 1.25. The molecule has 0 fully saturated rings. The van der Waals surface area contributed by atoms with Crippen LogP contribution in [0.25, 0.3) is 60.3 Å². The molecule has 0 aliphatic heterocycles. The van der Waals surface area contributed by atoms with E-state index < -0.39 is 0 Å². The molecule has 0 radical (unpaired) electrons. The number of aromatic nitrogens is 1. The fourth-order valence-corrected chi connectivity index (χ4v) is 6.90. The summed E-state index contributed by atoms with van der Waals surface area (Å²) in [7, 11) is 0. The molecule has 2 heterocycles. The third kappa shape index (κ3) is 2.19. The quantitative estimate of drug-likeness (QED) is 0.207. The predicted octanol–water partition coefficient (Wildman–Crippen LogP) is 8.54. The second kappa shape index (κ2) is 6.20. The molecular weight excluding hydrogens is 422 g/mol. The molecule has 35 heavy (non-hydrogen) atoms. The highest BCUT2D eigenvalue weighted by Crippen LogP contribution is 2.47. The average Bonchev–Trinajstić information content (AvgIpc) is 3.58. The van der Waals surface area contributed by atoms with E-state index in [0.29, 0.717) is 0 Å². The van der Waals surface area contributed by atoms with Crippen molar-refractivity contribution in [3.05, 3.63) is 125 Å². The van der Waals surface area contributed by atoms with E-state index in [9.17, 15) is 0 Å². The van der Waals surface area contributed by atoms with Crippen LogP contribution in [0.1, 0.15) is 22.3 Å². The summed E-state index contributed by atoms with van der Waals surface area (Å²) in [5.74, 6) is 0. The molecular formula is C34H21N. The van der Waals surface area contributed by atoms with Gasteiger partial charge in [-0.1, -0.05) is 78.9 Å². The molecule has 9 rings (SSSR count). The highest BCUT2D eigenvalue weighted by molar-refractivity contribution is 6.19. The third-order valence-corrected chi connectivity index (χ3v) is 8.39. The van der Waals surface area contributed by atoms with E-state index in [0.717, 1.165) is 12.8 Å². The van der Waals surface area contributed by atoms with Gasteiger partial charge in [0.15, 0.2) is 0 Å². The molecule has 5 aromatic carbocycles. The van der Waals surface area contributed by atoms with E-state index in [-0.39, 0.29) is 0 Å². The monoisotopic (exact) mass is 443 g/mol. The van der Waals surface area contributed by atoms with Gasteiger partial charge >= 0.3 is 0 Å². The maximum Gasteiger partial charge on any atom is 0.0547 e. The largest absolute Gasteiger partial charge is 0.309 e. The second-order valence-corrected chi connectivity index (χ2v) is 10.1. The van der Waals surface area contributed by atoms with Crippen molar-refractivity contribution in [3.63, 3.8) is 0 Å². The Bertz CT molecular complexity index is 2050. The van der Waals surface area contributed by atoms with E-state index in [2.05, 4.69) is 108 Å².